The number of nitrogens with two attached hydrogens (primary N) is 1. The van der Waals surface area contributed by atoms with Gasteiger partial charge in [0.25, 0.3) is 0 Å². The van der Waals surface area contributed by atoms with Crippen molar-refractivity contribution in [2.24, 2.45) is 5.73 Å². The number of hydrogen-bond acceptors (Lipinski definition) is 7. The highest BCUT2D eigenvalue weighted by molar-refractivity contribution is 5.96. The normalized spacial score (nSPS) is 21.2. The molecule has 190 valence electrons. The summed E-state index contributed by atoms with van der Waals surface area (Å²) in [5.74, 6) is -3.73. The van der Waals surface area contributed by atoms with Crippen LogP contribution >= 0.6 is 0 Å². The Kier molecular flexibility index (Phi) is 8.63. The standard InChI is InChI=1S/C23H31N5O7/c24-19(30)12-16(26-20(31)15-3-1-9-25-15)21(32)27-17(11-13-5-7-14(29)8-6-13)22(33)28-10-2-4-18(28)23(34)35/h5-8,15-18,25,29H,1-4,9-12H2,(H2,24,30)(H,26,31)(H,27,32)(H,34,35). The number of carbonyl (C=O) groups is 5. The second kappa shape index (κ2) is 11.6. The predicted octanol–water partition coefficient (Wildman–Crippen LogP) is -1.39. The van der Waals surface area contributed by atoms with E-state index in [1.165, 1.54) is 17.0 Å². The van der Waals surface area contributed by atoms with Crippen molar-refractivity contribution in [2.45, 2.75) is 62.7 Å². The van der Waals surface area contributed by atoms with Crippen LogP contribution in [0.15, 0.2) is 24.3 Å². The summed E-state index contributed by atoms with van der Waals surface area (Å²) in [4.78, 5) is 63.5. The van der Waals surface area contributed by atoms with Crippen molar-refractivity contribution in [3.8, 4) is 5.75 Å². The number of rotatable bonds is 10. The lowest BCUT2D eigenvalue weighted by atomic mass is 10.0. The van der Waals surface area contributed by atoms with Crippen molar-refractivity contribution in [1.29, 1.82) is 0 Å². The highest BCUT2D eigenvalue weighted by Gasteiger charge is 2.38. The Bertz CT molecular complexity index is 962. The molecular formula is C23H31N5O7. The highest BCUT2D eigenvalue weighted by Crippen LogP contribution is 2.20. The molecule has 12 nitrogen and oxygen atoms in total. The molecule has 0 bridgehead atoms. The summed E-state index contributed by atoms with van der Waals surface area (Å²) >= 11 is 0. The van der Waals surface area contributed by atoms with Gasteiger partial charge in [-0.15, -0.1) is 0 Å². The first-order chi connectivity index (χ1) is 16.7. The van der Waals surface area contributed by atoms with Crippen LogP contribution in [0.1, 0.15) is 37.7 Å². The molecule has 4 atom stereocenters. The van der Waals surface area contributed by atoms with Crippen molar-refractivity contribution in [2.75, 3.05) is 13.1 Å². The minimum atomic E-state index is -1.30. The van der Waals surface area contributed by atoms with Gasteiger partial charge in [0.1, 0.15) is 23.9 Å². The van der Waals surface area contributed by atoms with Gasteiger partial charge in [0.15, 0.2) is 0 Å². The van der Waals surface area contributed by atoms with Gasteiger partial charge >= 0.3 is 5.97 Å². The Morgan fingerprint density at radius 2 is 1.77 bits per heavy atom. The second-order valence-electron chi connectivity index (χ2n) is 8.84. The van der Waals surface area contributed by atoms with Crippen LogP contribution in [0.3, 0.4) is 0 Å². The number of benzene rings is 1. The molecule has 12 heteroatoms. The fraction of sp³-hybridized carbons (Fsp3) is 0.522. The molecule has 3 rings (SSSR count). The van der Waals surface area contributed by atoms with E-state index in [4.69, 9.17) is 5.73 Å². The molecule has 1 aromatic carbocycles. The zero-order valence-electron chi connectivity index (χ0n) is 19.2. The van der Waals surface area contributed by atoms with E-state index in [-0.39, 0.29) is 18.7 Å². The lowest BCUT2D eigenvalue weighted by molar-refractivity contribution is -0.149. The number of nitrogens with one attached hydrogen (secondary N) is 3. The van der Waals surface area contributed by atoms with Crippen LogP contribution in [0.5, 0.6) is 5.75 Å². The summed E-state index contributed by atoms with van der Waals surface area (Å²) in [5.41, 5.74) is 5.90. The van der Waals surface area contributed by atoms with Gasteiger partial charge in [0, 0.05) is 13.0 Å². The minimum Gasteiger partial charge on any atom is -0.508 e. The van der Waals surface area contributed by atoms with Gasteiger partial charge in [0.2, 0.25) is 23.6 Å². The number of carboxylic acids is 1. The number of carboxylic acid groups (broad SMARTS) is 1. The highest BCUT2D eigenvalue weighted by atomic mass is 16.4. The molecular weight excluding hydrogens is 458 g/mol. The molecule has 0 saturated carbocycles. The number of aliphatic carboxylic acids is 1. The van der Waals surface area contributed by atoms with E-state index in [0.29, 0.717) is 31.4 Å². The molecule has 35 heavy (non-hydrogen) atoms. The Morgan fingerprint density at radius 3 is 2.37 bits per heavy atom. The average Bonchev–Trinajstić information content (AvgIpc) is 3.51. The van der Waals surface area contributed by atoms with Gasteiger partial charge in [-0.3, -0.25) is 19.2 Å². The number of aromatic hydroxyl groups is 1. The van der Waals surface area contributed by atoms with Crippen LogP contribution in [-0.2, 0) is 30.4 Å². The smallest absolute Gasteiger partial charge is 0.326 e. The molecule has 2 fully saturated rings. The molecule has 2 heterocycles. The Morgan fingerprint density at radius 1 is 1.06 bits per heavy atom. The van der Waals surface area contributed by atoms with Crippen molar-refractivity contribution in [3.05, 3.63) is 29.8 Å². The van der Waals surface area contributed by atoms with Crippen LogP contribution in [0.2, 0.25) is 0 Å². The molecule has 0 radical (unpaired) electrons. The van der Waals surface area contributed by atoms with Gasteiger partial charge < -0.3 is 36.8 Å². The SMILES string of the molecule is NC(=O)CC(NC(=O)C1CCCN1)C(=O)NC(Cc1ccc(O)cc1)C(=O)N1CCCC1C(=O)O. The third-order valence-electron chi connectivity index (χ3n) is 6.23. The number of phenolic OH excluding ortho intramolecular Hbond substituents is 1. The minimum absolute atomic E-state index is 0.00904. The topological polar surface area (TPSA) is 191 Å². The number of amides is 4. The summed E-state index contributed by atoms with van der Waals surface area (Å²) in [6.45, 7) is 0.890. The van der Waals surface area contributed by atoms with Gasteiger partial charge in [-0.25, -0.2) is 4.79 Å². The fourth-order valence-corrected chi connectivity index (χ4v) is 4.42. The van der Waals surface area contributed by atoms with E-state index < -0.39 is 60.2 Å². The Balaban J connectivity index is 1.80. The summed E-state index contributed by atoms with van der Waals surface area (Å²) < 4.78 is 0. The van der Waals surface area contributed by atoms with Gasteiger partial charge in [-0.05, 0) is 49.9 Å². The van der Waals surface area contributed by atoms with E-state index in [2.05, 4.69) is 16.0 Å². The molecule has 1 aromatic rings. The average molecular weight is 490 g/mol. The molecule has 0 aliphatic carbocycles. The second-order valence-corrected chi connectivity index (χ2v) is 8.84. The molecule has 4 unspecified atom stereocenters. The van der Waals surface area contributed by atoms with Crippen molar-refractivity contribution < 1.29 is 34.2 Å². The first-order valence-corrected chi connectivity index (χ1v) is 11.6. The van der Waals surface area contributed by atoms with Crippen LogP contribution in [0.25, 0.3) is 0 Å². The molecule has 7 N–H and O–H groups in total. The van der Waals surface area contributed by atoms with Crippen LogP contribution in [0.4, 0.5) is 0 Å². The van der Waals surface area contributed by atoms with Crippen molar-refractivity contribution in [1.82, 2.24) is 20.9 Å². The number of nitrogens with zero attached hydrogens (tertiary/aromatic N) is 1. The number of hydrogen-bond donors (Lipinski definition) is 6. The van der Waals surface area contributed by atoms with Crippen LogP contribution in [-0.4, -0.2) is 82.0 Å². The third-order valence-corrected chi connectivity index (χ3v) is 6.23. The van der Waals surface area contributed by atoms with Crippen molar-refractivity contribution in [3.63, 3.8) is 0 Å². The Labute approximate surface area is 202 Å². The maximum Gasteiger partial charge on any atom is 0.326 e. The quantitative estimate of drug-likeness (QED) is 0.231. The zero-order chi connectivity index (χ0) is 25.5. The summed E-state index contributed by atoms with van der Waals surface area (Å²) in [6.07, 6.45) is 1.74. The van der Waals surface area contributed by atoms with E-state index in [1.807, 2.05) is 0 Å². The monoisotopic (exact) mass is 489 g/mol. The Hall–Kier alpha value is -3.67. The lowest BCUT2D eigenvalue weighted by Crippen LogP contribution is -2.58. The third kappa shape index (κ3) is 6.92. The van der Waals surface area contributed by atoms with Crippen molar-refractivity contribution >= 4 is 29.6 Å². The number of carbonyl (C=O) groups excluding carboxylic acids is 4. The maximum atomic E-state index is 13.4. The van der Waals surface area contributed by atoms with Gasteiger partial charge in [-0.2, -0.15) is 0 Å². The first kappa shape index (κ1) is 25.9. The molecule has 2 aliphatic heterocycles. The maximum absolute atomic E-state index is 13.4. The van der Waals surface area contributed by atoms with Gasteiger partial charge in [0.05, 0.1) is 12.5 Å². The molecule has 4 amide bonds. The summed E-state index contributed by atoms with van der Waals surface area (Å²) in [7, 11) is 0. The van der Waals surface area contributed by atoms with Gasteiger partial charge in [-0.1, -0.05) is 12.1 Å². The summed E-state index contributed by atoms with van der Waals surface area (Å²) in [5, 5.41) is 27.2. The number of likely N-dealkylation sites (tertiary alicyclic amines) is 1. The lowest BCUT2D eigenvalue weighted by Gasteiger charge is -2.29. The molecule has 0 aromatic heterocycles. The zero-order valence-corrected chi connectivity index (χ0v) is 19.2. The largest absolute Gasteiger partial charge is 0.508 e. The van der Waals surface area contributed by atoms with E-state index in [9.17, 15) is 34.2 Å². The molecule has 2 saturated heterocycles. The molecule has 2 aliphatic rings. The predicted molar refractivity (Wildman–Crippen MR) is 123 cm³/mol. The van der Waals surface area contributed by atoms with Crippen LogP contribution < -0.4 is 21.7 Å². The fourth-order valence-electron chi connectivity index (χ4n) is 4.42. The number of primary amides is 1. The van der Waals surface area contributed by atoms with E-state index in [1.54, 1.807) is 12.1 Å². The van der Waals surface area contributed by atoms with E-state index >= 15 is 0 Å². The number of phenols is 1. The summed E-state index contributed by atoms with van der Waals surface area (Å²) in [6, 6.07) is 2.06. The first-order valence-electron chi connectivity index (χ1n) is 11.6. The van der Waals surface area contributed by atoms with Crippen LogP contribution in [0, 0.1) is 0 Å². The van der Waals surface area contributed by atoms with E-state index in [0.717, 1.165) is 6.42 Å². The molecule has 0 spiro atoms.